The number of rotatable bonds is 14. The van der Waals surface area contributed by atoms with E-state index in [-0.39, 0.29) is 23.5 Å². The van der Waals surface area contributed by atoms with E-state index in [0.29, 0.717) is 31.3 Å². The van der Waals surface area contributed by atoms with Crippen LogP contribution < -0.4 is 14.8 Å². The normalized spacial score (nSPS) is 16.1. The summed E-state index contributed by atoms with van der Waals surface area (Å²) in [6.45, 7) is 30.7. The molecule has 1 aliphatic heterocycles. The van der Waals surface area contributed by atoms with Gasteiger partial charge in [0.15, 0.2) is 0 Å². The average Bonchev–Trinajstić information content (AvgIpc) is 3.98. The molecule has 2 aromatic carbocycles. The highest BCUT2D eigenvalue weighted by atomic mass is 32.2. The molecule has 58 heavy (non-hydrogen) atoms. The molecule has 2 aliphatic rings. The van der Waals surface area contributed by atoms with Crippen molar-refractivity contribution in [2.75, 3.05) is 39.2 Å². The number of carbonyl (C=O) groups excluding carboxylic acids is 1. The van der Waals surface area contributed by atoms with Crippen LogP contribution in [0.4, 0.5) is 0 Å². The summed E-state index contributed by atoms with van der Waals surface area (Å²) in [6, 6.07) is 16.1. The summed E-state index contributed by atoms with van der Waals surface area (Å²) in [5, 5.41) is 22.6. The van der Waals surface area contributed by atoms with Gasteiger partial charge in [-0.3, -0.25) is 13.9 Å². The van der Waals surface area contributed by atoms with Gasteiger partial charge in [-0.05, 0) is 123 Å². The fourth-order valence-electron chi connectivity index (χ4n) is 5.73. The van der Waals surface area contributed by atoms with Crippen LogP contribution in [0.2, 0.25) is 0 Å². The van der Waals surface area contributed by atoms with Gasteiger partial charge in [-0.2, -0.15) is 8.42 Å². The molecule has 3 N–H and O–H groups in total. The molecular formula is C46H78N2O9S. The van der Waals surface area contributed by atoms with Crippen molar-refractivity contribution < 1.29 is 41.8 Å². The van der Waals surface area contributed by atoms with Crippen LogP contribution in [0.5, 0.6) is 11.5 Å². The van der Waals surface area contributed by atoms with E-state index in [1.807, 2.05) is 52.0 Å². The third-order valence-corrected chi connectivity index (χ3v) is 9.87. The maximum Gasteiger partial charge on any atom is 0.264 e. The maximum absolute atomic E-state index is 10.6. The first-order chi connectivity index (χ1) is 26.6. The number of hydrogen-bond donors (Lipinski definition) is 3. The number of nitrogens with one attached hydrogen (secondary N) is 1. The van der Waals surface area contributed by atoms with Gasteiger partial charge in [0, 0.05) is 29.6 Å². The van der Waals surface area contributed by atoms with Gasteiger partial charge in [-0.15, -0.1) is 0 Å². The molecular weight excluding hydrogens is 757 g/mol. The van der Waals surface area contributed by atoms with Crippen molar-refractivity contribution in [2.24, 2.45) is 0 Å². The summed E-state index contributed by atoms with van der Waals surface area (Å²) < 4.78 is 42.7. The minimum Gasteiger partial charge on any atom is -0.491 e. The van der Waals surface area contributed by atoms with E-state index < -0.39 is 27.9 Å². The predicted octanol–water partition coefficient (Wildman–Crippen LogP) is 8.20. The number of ether oxygens (including phenoxy) is 3. The second-order valence-electron chi connectivity index (χ2n) is 18.6. The summed E-state index contributed by atoms with van der Waals surface area (Å²) in [4.78, 5) is 13.0. The van der Waals surface area contributed by atoms with Crippen molar-refractivity contribution in [3.05, 3.63) is 72.3 Å². The van der Waals surface area contributed by atoms with Crippen LogP contribution in [0.25, 0.3) is 0 Å². The molecule has 1 amide bonds. The molecule has 0 bridgehead atoms. The second-order valence-corrected chi connectivity index (χ2v) is 20.2. The molecule has 2 unspecified atom stereocenters. The van der Waals surface area contributed by atoms with Gasteiger partial charge in [0.25, 0.3) is 10.1 Å². The van der Waals surface area contributed by atoms with Gasteiger partial charge in [-0.25, -0.2) is 0 Å². The number of aliphatic hydroxyl groups is 2. The fourth-order valence-corrected chi connectivity index (χ4v) is 6.64. The zero-order chi connectivity index (χ0) is 44.4. The maximum atomic E-state index is 10.6. The average molecular weight is 835 g/mol. The first-order valence-electron chi connectivity index (χ1n) is 20.7. The molecule has 4 rings (SSSR count). The smallest absolute Gasteiger partial charge is 0.264 e. The van der Waals surface area contributed by atoms with E-state index in [0.717, 1.165) is 30.6 Å². The zero-order valence-electron chi connectivity index (χ0n) is 38.0. The van der Waals surface area contributed by atoms with Crippen molar-refractivity contribution in [3.63, 3.8) is 0 Å². The first-order valence-corrected chi connectivity index (χ1v) is 22.5. The Bertz CT molecular complexity index is 1560. The van der Waals surface area contributed by atoms with Crippen molar-refractivity contribution in [3.8, 4) is 11.5 Å². The monoisotopic (exact) mass is 835 g/mol. The van der Waals surface area contributed by atoms with E-state index in [4.69, 9.17) is 14.2 Å². The van der Waals surface area contributed by atoms with Gasteiger partial charge in [0.2, 0.25) is 5.91 Å². The van der Waals surface area contributed by atoms with Crippen LogP contribution in [0.1, 0.15) is 133 Å². The highest BCUT2D eigenvalue weighted by molar-refractivity contribution is 7.86. The molecule has 0 spiro atoms. The molecule has 2 atom stereocenters. The molecule has 2 aromatic rings. The van der Waals surface area contributed by atoms with Gasteiger partial charge < -0.3 is 29.7 Å². The molecule has 0 radical (unpaired) electrons. The number of nitrogens with zero attached hydrogens (tertiary/aromatic N) is 1. The second kappa shape index (κ2) is 24.3. The lowest BCUT2D eigenvalue weighted by Crippen LogP contribution is -2.39. The van der Waals surface area contributed by atoms with E-state index in [1.54, 1.807) is 20.8 Å². The Morgan fingerprint density at radius 2 is 1.24 bits per heavy atom. The lowest BCUT2D eigenvalue weighted by atomic mass is 9.78. The van der Waals surface area contributed by atoms with Crippen molar-refractivity contribution in [1.82, 2.24) is 10.2 Å². The predicted molar refractivity (Wildman–Crippen MR) is 236 cm³/mol. The summed E-state index contributed by atoms with van der Waals surface area (Å²) in [6.07, 6.45) is 8.16. The van der Waals surface area contributed by atoms with Crippen LogP contribution in [-0.2, 0) is 29.2 Å². The van der Waals surface area contributed by atoms with Gasteiger partial charge in [-0.1, -0.05) is 70.9 Å². The Labute approximate surface area is 352 Å². The minimum absolute atomic E-state index is 0.123. The Morgan fingerprint density at radius 1 is 0.793 bits per heavy atom. The Kier molecular flexibility index (Phi) is 22.2. The number of aliphatic hydroxyl groups excluding tert-OH is 2. The summed E-state index contributed by atoms with van der Waals surface area (Å²) in [7, 11) is -3.28. The van der Waals surface area contributed by atoms with Crippen molar-refractivity contribution in [1.29, 1.82) is 0 Å². The standard InChI is InChI=1S/C28H40O5.C7H13NO.C6H13N.C5H12O3S/c1-4-23(29)18-31-26-14-10-21(11-15-26)28(2,3)22-12-16-27(17-13-22)33-20-24(30)19-32-25-8-6-5-7-9-25;1-5-6(9)8-7(2,3)4;1-6(2,3)7-4-5-7;1-5(2,3)8-9(4,6)7/h10-17,23-25,29-30H,4-9,18-20H2,1-3H3;5H,1H2,2-4H3,(H,8,9);4-5H2,1-3H3;1-4H3. The summed E-state index contributed by atoms with van der Waals surface area (Å²) in [5.74, 6) is 1.38. The molecule has 11 nitrogen and oxygen atoms in total. The molecule has 1 heterocycles. The lowest BCUT2D eigenvalue weighted by Gasteiger charge is -2.27. The molecule has 2 fully saturated rings. The number of amides is 1. The Balaban J connectivity index is 0.000000540. The van der Waals surface area contributed by atoms with Gasteiger partial charge >= 0.3 is 0 Å². The summed E-state index contributed by atoms with van der Waals surface area (Å²) >= 11 is 0. The van der Waals surface area contributed by atoms with Gasteiger partial charge in [0.1, 0.15) is 30.8 Å². The molecule has 0 aromatic heterocycles. The third-order valence-electron chi connectivity index (χ3n) is 9.07. The van der Waals surface area contributed by atoms with Crippen molar-refractivity contribution in [2.45, 2.75) is 162 Å². The lowest BCUT2D eigenvalue weighted by molar-refractivity contribution is -0.117. The quantitative estimate of drug-likeness (QED) is 0.0969. The Hall–Kier alpha value is -3.00. The first kappa shape index (κ1) is 53.0. The topological polar surface area (TPSA) is 144 Å². The molecule has 1 aliphatic carbocycles. The van der Waals surface area contributed by atoms with E-state index in [1.165, 1.54) is 49.6 Å². The number of hydrogen-bond acceptors (Lipinski definition) is 10. The molecule has 12 heteroatoms. The van der Waals surface area contributed by atoms with Crippen LogP contribution in [0, 0.1) is 0 Å². The van der Waals surface area contributed by atoms with Crippen LogP contribution >= 0.6 is 0 Å². The van der Waals surface area contributed by atoms with Crippen LogP contribution in [0.3, 0.4) is 0 Å². The van der Waals surface area contributed by atoms with Gasteiger partial charge in [0.05, 0.1) is 30.7 Å². The largest absolute Gasteiger partial charge is 0.491 e. The number of benzene rings is 2. The number of carbonyl (C=O) groups is 1. The molecule has 1 saturated carbocycles. The molecule has 1 saturated heterocycles. The van der Waals surface area contributed by atoms with E-state index >= 15 is 0 Å². The Morgan fingerprint density at radius 3 is 1.53 bits per heavy atom. The fraction of sp³-hybridized carbons (Fsp3) is 0.674. The van der Waals surface area contributed by atoms with Crippen LogP contribution in [0.15, 0.2) is 61.2 Å². The van der Waals surface area contributed by atoms with Crippen molar-refractivity contribution >= 4 is 16.0 Å². The third kappa shape index (κ3) is 24.8. The SMILES string of the molecule is C=CC(=O)NC(C)(C)C.CC(C)(C)N1CC1.CC(C)(C)OS(C)(=O)=O.CCC(O)COc1ccc(C(C)(C)c2ccc(OCC(O)COC3CCCCC3)cc2)cc1. The zero-order valence-corrected chi connectivity index (χ0v) is 38.8. The highest BCUT2D eigenvalue weighted by Crippen LogP contribution is 2.33. The summed E-state index contributed by atoms with van der Waals surface area (Å²) in [5.41, 5.74) is 1.85. The van der Waals surface area contributed by atoms with E-state index in [2.05, 4.69) is 79.9 Å². The van der Waals surface area contributed by atoms with E-state index in [9.17, 15) is 23.4 Å². The van der Waals surface area contributed by atoms with Crippen LogP contribution in [-0.4, -0.2) is 104 Å². The highest BCUT2D eigenvalue weighted by Gasteiger charge is 2.29. The molecule has 332 valence electrons. The minimum atomic E-state index is -3.28.